The molecular formula is C14H17N3O5. The predicted octanol–water partition coefficient (Wildman–Crippen LogP) is 1.48. The molecule has 1 N–H and O–H groups in total. The second kappa shape index (κ2) is 6.88. The molecule has 1 aromatic carbocycles. The minimum absolute atomic E-state index is 0.115. The molecule has 0 aromatic heterocycles. The third-order valence-corrected chi connectivity index (χ3v) is 3.41. The number of hydrogen-bond acceptors (Lipinski definition) is 5. The fourth-order valence-corrected chi connectivity index (χ4v) is 2.16. The Morgan fingerprint density at radius 2 is 2.27 bits per heavy atom. The highest BCUT2D eigenvalue weighted by atomic mass is 16.6. The number of ether oxygens (including phenoxy) is 1. The standard InChI is InChI=1S/C14H17N3O5/c1-10-3-4-11(17(20)21)9-12(10)13(18)15-5-2-6-16-7-8-22-14(16)19/h3-4,9H,2,5-8H2,1H3,(H,15,18). The van der Waals surface area contributed by atoms with Gasteiger partial charge in [0, 0.05) is 30.8 Å². The summed E-state index contributed by atoms with van der Waals surface area (Å²) in [5.74, 6) is -0.356. The molecule has 0 unspecified atom stereocenters. The van der Waals surface area contributed by atoms with Gasteiger partial charge in [-0.25, -0.2) is 4.79 Å². The molecule has 1 fully saturated rings. The highest BCUT2D eigenvalue weighted by Gasteiger charge is 2.21. The number of nitrogens with one attached hydrogen (secondary N) is 1. The smallest absolute Gasteiger partial charge is 0.409 e. The van der Waals surface area contributed by atoms with Crippen molar-refractivity contribution in [1.29, 1.82) is 0 Å². The van der Waals surface area contributed by atoms with Gasteiger partial charge < -0.3 is 15.0 Å². The summed E-state index contributed by atoms with van der Waals surface area (Å²) in [6, 6.07) is 4.18. The minimum atomic E-state index is -0.533. The highest BCUT2D eigenvalue weighted by Crippen LogP contribution is 2.17. The van der Waals surface area contributed by atoms with Crippen LogP contribution in [0.1, 0.15) is 22.3 Å². The maximum Gasteiger partial charge on any atom is 0.409 e. The Balaban J connectivity index is 1.85. The van der Waals surface area contributed by atoms with Crippen LogP contribution in [0.5, 0.6) is 0 Å². The maximum absolute atomic E-state index is 12.1. The van der Waals surface area contributed by atoms with Gasteiger partial charge in [-0.05, 0) is 18.9 Å². The SMILES string of the molecule is Cc1ccc([N+](=O)[O-])cc1C(=O)NCCCN1CCOC1=O. The highest BCUT2D eigenvalue weighted by molar-refractivity contribution is 5.96. The van der Waals surface area contributed by atoms with Gasteiger partial charge in [0.1, 0.15) is 6.61 Å². The van der Waals surface area contributed by atoms with Crippen molar-refractivity contribution >= 4 is 17.7 Å². The number of nitrogens with zero attached hydrogens (tertiary/aromatic N) is 2. The Morgan fingerprint density at radius 1 is 1.50 bits per heavy atom. The zero-order valence-corrected chi connectivity index (χ0v) is 12.2. The van der Waals surface area contributed by atoms with E-state index in [2.05, 4.69) is 5.32 Å². The van der Waals surface area contributed by atoms with Crippen LogP contribution in [0, 0.1) is 17.0 Å². The van der Waals surface area contributed by atoms with E-state index in [9.17, 15) is 19.7 Å². The number of benzene rings is 1. The van der Waals surface area contributed by atoms with E-state index < -0.39 is 4.92 Å². The fraction of sp³-hybridized carbons (Fsp3) is 0.429. The van der Waals surface area contributed by atoms with Gasteiger partial charge in [-0.1, -0.05) is 6.07 Å². The molecule has 0 aliphatic carbocycles. The van der Waals surface area contributed by atoms with E-state index in [1.54, 1.807) is 17.9 Å². The molecule has 1 saturated heterocycles. The van der Waals surface area contributed by atoms with Crippen LogP contribution in [0.2, 0.25) is 0 Å². The predicted molar refractivity (Wildman–Crippen MR) is 77.7 cm³/mol. The number of nitro groups is 1. The topological polar surface area (TPSA) is 102 Å². The summed E-state index contributed by atoms with van der Waals surface area (Å²) in [5, 5.41) is 13.5. The summed E-state index contributed by atoms with van der Waals surface area (Å²) < 4.78 is 4.80. The average Bonchev–Trinajstić information content (AvgIpc) is 2.89. The minimum Gasteiger partial charge on any atom is -0.448 e. The number of aryl methyl sites for hydroxylation is 1. The van der Waals surface area contributed by atoms with Gasteiger partial charge in [0.2, 0.25) is 0 Å². The summed E-state index contributed by atoms with van der Waals surface area (Å²) in [6.45, 7) is 3.57. The molecule has 8 nitrogen and oxygen atoms in total. The van der Waals surface area contributed by atoms with Crippen LogP contribution in [0.15, 0.2) is 18.2 Å². The number of cyclic esters (lactones) is 1. The molecule has 0 bridgehead atoms. The molecule has 0 saturated carbocycles. The first-order chi connectivity index (χ1) is 10.5. The Labute approximate surface area is 127 Å². The summed E-state index contributed by atoms with van der Waals surface area (Å²) in [5.41, 5.74) is 0.844. The number of amides is 2. The lowest BCUT2D eigenvalue weighted by Crippen LogP contribution is -2.30. The molecule has 0 radical (unpaired) electrons. The summed E-state index contributed by atoms with van der Waals surface area (Å²) in [7, 11) is 0. The third-order valence-electron chi connectivity index (χ3n) is 3.41. The molecule has 0 atom stereocenters. The van der Waals surface area contributed by atoms with Crippen LogP contribution in [0.4, 0.5) is 10.5 Å². The second-order valence-corrected chi connectivity index (χ2v) is 4.97. The lowest BCUT2D eigenvalue weighted by Gasteiger charge is -2.12. The molecule has 1 aromatic rings. The van der Waals surface area contributed by atoms with E-state index >= 15 is 0 Å². The summed E-state index contributed by atoms with van der Waals surface area (Å²) in [6.07, 6.45) is 0.260. The van der Waals surface area contributed by atoms with Gasteiger partial charge in [0.05, 0.1) is 11.5 Å². The monoisotopic (exact) mass is 307 g/mol. The number of hydrogen-bond donors (Lipinski definition) is 1. The van der Waals surface area contributed by atoms with E-state index in [0.29, 0.717) is 38.2 Å². The first-order valence-corrected chi connectivity index (χ1v) is 6.94. The Kier molecular flexibility index (Phi) is 4.92. The molecule has 1 heterocycles. The van der Waals surface area contributed by atoms with Gasteiger partial charge in [0.15, 0.2) is 0 Å². The van der Waals surface area contributed by atoms with Crippen LogP contribution < -0.4 is 5.32 Å². The zero-order valence-electron chi connectivity index (χ0n) is 12.2. The van der Waals surface area contributed by atoms with Crippen molar-refractivity contribution in [3.05, 3.63) is 39.4 Å². The van der Waals surface area contributed by atoms with Crippen molar-refractivity contribution in [2.24, 2.45) is 0 Å². The summed E-state index contributed by atoms with van der Waals surface area (Å²) in [4.78, 5) is 35.1. The van der Waals surface area contributed by atoms with Crippen LogP contribution in [0.25, 0.3) is 0 Å². The Hall–Kier alpha value is -2.64. The van der Waals surface area contributed by atoms with E-state index in [0.717, 1.165) is 0 Å². The van der Waals surface area contributed by atoms with E-state index in [1.807, 2.05) is 0 Å². The molecular weight excluding hydrogens is 290 g/mol. The maximum atomic E-state index is 12.1. The van der Waals surface area contributed by atoms with Gasteiger partial charge in [-0.15, -0.1) is 0 Å². The summed E-state index contributed by atoms with van der Waals surface area (Å²) >= 11 is 0. The fourth-order valence-electron chi connectivity index (χ4n) is 2.16. The number of carbonyl (C=O) groups is 2. The number of carbonyl (C=O) groups excluding carboxylic acids is 2. The molecule has 2 amide bonds. The van der Waals surface area contributed by atoms with E-state index in [4.69, 9.17) is 4.74 Å². The first-order valence-electron chi connectivity index (χ1n) is 6.94. The van der Waals surface area contributed by atoms with E-state index in [-0.39, 0.29) is 23.3 Å². The number of non-ortho nitro benzene ring substituents is 1. The number of rotatable bonds is 6. The van der Waals surface area contributed by atoms with Crippen molar-refractivity contribution in [3.63, 3.8) is 0 Å². The molecule has 118 valence electrons. The molecule has 0 spiro atoms. The molecule has 2 rings (SSSR count). The lowest BCUT2D eigenvalue weighted by atomic mass is 10.1. The van der Waals surface area contributed by atoms with Crippen molar-refractivity contribution < 1.29 is 19.2 Å². The average molecular weight is 307 g/mol. The normalized spacial score (nSPS) is 13.9. The number of nitro benzene ring substituents is 1. The third kappa shape index (κ3) is 3.72. The van der Waals surface area contributed by atoms with Crippen molar-refractivity contribution in [2.75, 3.05) is 26.2 Å². The van der Waals surface area contributed by atoms with Crippen molar-refractivity contribution in [2.45, 2.75) is 13.3 Å². The lowest BCUT2D eigenvalue weighted by molar-refractivity contribution is -0.384. The van der Waals surface area contributed by atoms with Crippen LogP contribution in [0.3, 0.4) is 0 Å². The van der Waals surface area contributed by atoms with Gasteiger partial charge in [-0.3, -0.25) is 14.9 Å². The largest absolute Gasteiger partial charge is 0.448 e. The quantitative estimate of drug-likeness (QED) is 0.487. The molecule has 8 heteroatoms. The van der Waals surface area contributed by atoms with Crippen molar-refractivity contribution in [3.8, 4) is 0 Å². The first kappa shape index (κ1) is 15.7. The Bertz CT molecular complexity index is 602. The van der Waals surface area contributed by atoms with Crippen LogP contribution in [-0.2, 0) is 4.74 Å². The molecule has 1 aliphatic rings. The van der Waals surface area contributed by atoms with Crippen LogP contribution in [-0.4, -0.2) is 48.1 Å². The van der Waals surface area contributed by atoms with Crippen LogP contribution >= 0.6 is 0 Å². The van der Waals surface area contributed by atoms with Gasteiger partial charge >= 0.3 is 6.09 Å². The van der Waals surface area contributed by atoms with Crippen molar-refractivity contribution in [1.82, 2.24) is 10.2 Å². The molecule has 22 heavy (non-hydrogen) atoms. The van der Waals surface area contributed by atoms with Gasteiger partial charge in [-0.2, -0.15) is 0 Å². The second-order valence-electron chi connectivity index (χ2n) is 4.97. The Morgan fingerprint density at radius 3 is 2.91 bits per heavy atom. The van der Waals surface area contributed by atoms with Gasteiger partial charge in [0.25, 0.3) is 11.6 Å². The zero-order chi connectivity index (χ0) is 16.1. The van der Waals surface area contributed by atoms with E-state index in [1.165, 1.54) is 12.1 Å². The molecule has 1 aliphatic heterocycles.